The van der Waals surface area contributed by atoms with E-state index in [1.165, 1.54) is 17.2 Å². The first-order valence-electron chi connectivity index (χ1n) is 11.8. The molecule has 0 amide bonds. The third-order valence-corrected chi connectivity index (χ3v) is 7.41. The summed E-state index contributed by atoms with van der Waals surface area (Å²) < 4.78 is 20.4. The molecule has 0 spiro atoms. The number of benzene rings is 2. The molecule has 1 unspecified atom stereocenters. The van der Waals surface area contributed by atoms with E-state index < -0.39 is 17.8 Å². The van der Waals surface area contributed by atoms with E-state index >= 15 is 0 Å². The first kappa shape index (κ1) is 24.0. The number of carboxylic acids is 1. The van der Waals surface area contributed by atoms with Crippen molar-refractivity contribution in [3.8, 4) is 5.75 Å². The fourth-order valence-corrected chi connectivity index (χ4v) is 5.47. The number of halogens is 2. The Morgan fingerprint density at radius 3 is 2.67 bits per heavy atom. The average molecular weight is 475 g/mol. The quantitative estimate of drug-likeness (QED) is 0.507. The molecule has 2 atom stereocenters. The van der Waals surface area contributed by atoms with Gasteiger partial charge in [0.05, 0.1) is 5.02 Å². The number of hydrogen-bond donors (Lipinski definition) is 3. The average Bonchev–Trinajstić information content (AvgIpc) is 3.27. The van der Waals surface area contributed by atoms with Gasteiger partial charge in [-0.1, -0.05) is 35.9 Å². The van der Waals surface area contributed by atoms with Crippen molar-refractivity contribution in [3.05, 3.63) is 63.9 Å². The van der Waals surface area contributed by atoms with Gasteiger partial charge in [-0.25, -0.2) is 4.39 Å². The molecule has 178 valence electrons. The molecule has 2 aromatic carbocycles. The summed E-state index contributed by atoms with van der Waals surface area (Å²) in [5, 5.41) is 15.5. The Morgan fingerprint density at radius 1 is 1.21 bits per heavy atom. The summed E-state index contributed by atoms with van der Waals surface area (Å²) in [7, 11) is 1.97. The van der Waals surface area contributed by atoms with Crippen molar-refractivity contribution in [2.45, 2.75) is 63.1 Å². The zero-order valence-electron chi connectivity index (χ0n) is 18.9. The zero-order valence-corrected chi connectivity index (χ0v) is 19.7. The Kier molecular flexibility index (Phi) is 7.89. The molecule has 0 bridgehead atoms. The third-order valence-electron chi connectivity index (χ3n) is 6.99. The van der Waals surface area contributed by atoms with E-state index in [0.717, 1.165) is 44.2 Å². The van der Waals surface area contributed by atoms with Crippen molar-refractivity contribution in [1.29, 1.82) is 0 Å². The maximum Gasteiger partial charge on any atom is 0.320 e. The van der Waals surface area contributed by atoms with Crippen molar-refractivity contribution in [3.63, 3.8) is 0 Å². The van der Waals surface area contributed by atoms with Crippen LogP contribution in [0.2, 0.25) is 5.02 Å². The number of hydrogen-bond acceptors (Lipinski definition) is 4. The van der Waals surface area contributed by atoms with E-state index in [-0.39, 0.29) is 11.1 Å². The number of aliphatic carboxylic acids is 1. The maximum atomic E-state index is 14.5. The Hall–Kier alpha value is -2.15. The second-order valence-corrected chi connectivity index (χ2v) is 9.68. The zero-order chi connectivity index (χ0) is 23.4. The minimum Gasteiger partial charge on any atom is -0.489 e. The second kappa shape index (κ2) is 10.9. The Labute approximate surface area is 199 Å². The van der Waals surface area contributed by atoms with Gasteiger partial charge >= 0.3 is 5.97 Å². The molecular formula is C26H32ClFN2O3. The molecule has 1 saturated carbocycles. The van der Waals surface area contributed by atoms with Gasteiger partial charge in [0.1, 0.15) is 23.7 Å². The van der Waals surface area contributed by atoms with Crippen LogP contribution in [0.25, 0.3) is 0 Å². The van der Waals surface area contributed by atoms with Gasteiger partial charge in [-0.3, -0.25) is 4.79 Å². The fraction of sp³-hybridized carbons (Fsp3) is 0.500. The number of carbonyl (C=O) groups is 1. The summed E-state index contributed by atoms with van der Waals surface area (Å²) in [6, 6.07) is 11.2. The van der Waals surface area contributed by atoms with Gasteiger partial charge in [0.25, 0.3) is 0 Å². The monoisotopic (exact) mass is 474 g/mol. The predicted octanol–water partition coefficient (Wildman–Crippen LogP) is 4.91. The highest BCUT2D eigenvalue weighted by molar-refractivity contribution is 6.31. The fourth-order valence-electron chi connectivity index (χ4n) is 5.28. The molecule has 2 aromatic rings. The van der Waals surface area contributed by atoms with Crippen molar-refractivity contribution >= 4 is 17.6 Å². The first-order chi connectivity index (χ1) is 15.9. The summed E-state index contributed by atoms with van der Waals surface area (Å²) in [6.45, 7) is 1.30. The summed E-state index contributed by atoms with van der Waals surface area (Å²) in [5.41, 5.74) is 3.58. The first-order valence-corrected chi connectivity index (χ1v) is 12.2. The smallest absolute Gasteiger partial charge is 0.320 e. The van der Waals surface area contributed by atoms with Gasteiger partial charge in [-0.2, -0.15) is 0 Å². The molecule has 2 fully saturated rings. The van der Waals surface area contributed by atoms with Crippen LogP contribution >= 0.6 is 11.6 Å². The lowest BCUT2D eigenvalue weighted by Crippen LogP contribution is -2.30. The van der Waals surface area contributed by atoms with Crippen LogP contribution in [-0.4, -0.2) is 36.8 Å². The van der Waals surface area contributed by atoms with Crippen molar-refractivity contribution in [1.82, 2.24) is 10.6 Å². The van der Waals surface area contributed by atoms with E-state index in [9.17, 15) is 9.18 Å². The minimum atomic E-state index is -0.895. The lowest BCUT2D eigenvalue weighted by atomic mass is 9.75. The van der Waals surface area contributed by atoms with Gasteiger partial charge in [0.2, 0.25) is 0 Å². The molecule has 0 radical (unpaired) electrons. The minimum absolute atomic E-state index is 0.164. The highest BCUT2D eigenvalue weighted by Gasteiger charge is 2.31. The Bertz CT molecular complexity index is 978. The van der Waals surface area contributed by atoms with E-state index in [4.69, 9.17) is 21.4 Å². The summed E-state index contributed by atoms with van der Waals surface area (Å²) >= 11 is 6.32. The Balaban J connectivity index is 1.38. The van der Waals surface area contributed by atoms with E-state index in [2.05, 4.69) is 34.9 Å². The van der Waals surface area contributed by atoms with Crippen LogP contribution in [0.1, 0.15) is 54.7 Å². The largest absolute Gasteiger partial charge is 0.489 e. The molecule has 3 N–H and O–H groups in total. The predicted molar refractivity (Wildman–Crippen MR) is 127 cm³/mol. The van der Waals surface area contributed by atoms with Crippen molar-refractivity contribution in [2.24, 2.45) is 5.92 Å². The molecule has 2 aliphatic rings. The van der Waals surface area contributed by atoms with Crippen LogP contribution in [0, 0.1) is 11.7 Å². The number of rotatable bonds is 8. The second-order valence-electron chi connectivity index (χ2n) is 9.30. The molecule has 33 heavy (non-hydrogen) atoms. The maximum absolute atomic E-state index is 14.5. The molecule has 7 heteroatoms. The summed E-state index contributed by atoms with van der Waals surface area (Å²) in [4.78, 5) is 11.1. The molecule has 1 heterocycles. The van der Waals surface area contributed by atoms with Crippen molar-refractivity contribution < 1.29 is 19.0 Å². The van der Waals surface area contributed by atoms with Gasteiger partial charge in [-0.15, -0.1) is 0 Å². The van der Waals surface area contributed by atoms with Gasteiger partial charge in [0, 0.05) is 25.6 Å². The van der Waals surface area contributed by atoms with Crippen LogP contribution in [0.4, 0.5) is 4.39 Å². The van der Waals surface area contributed by atoms with E-state index in [0.29, 0.717) is 30.6 Å². The SMILES string of the molecule is CNCc1ccccc1C1CCC(Cc2cc(OC3CN[C@H](C(=O)O)C3)cc(F)c2Cl)CC1. The third kappa shape index (κ3) is 5.86. The van der Waals surface area contributed by atoms with E-state index in [1.54, 1.807) is 0 Å². The Morgan fingerprint density at radius 2 is 1.97 bits per heavy atom. The summed E-state index contributed by atoms with van der Waals surface area (Å²) in [6.07, 6.45) is 5.17. The normalized spacial score (nSPS) is 25.2. The lowest BCUT2D eigenvalue weighted by molar-refractivity contribution is -0.139. The van der Waals surface area contributed by atoms with E-state index in [1.807, 2.05) is 13.1 Å². The molecule has 0 aromatic heterocycles. The topological polar surface area (TPSA) is 70.6 Å². The molecular weight excluding hydrogens is 443 g/mol. The molecule has 4 rings (SSSR count). The highest BCUT2D eigenvalue weighted by Crippen LogP contribution is 2.40. The molecule has 1 aliphatic heterocycles. The van der Waals surface area contributed by atoms with Crippen LogP contribution < -0.4 is 15.4 Å². The number of nitrogens with one attached hydrogen (secondary N) is 2. The number of carboxylic acid groups (broad SMARTS) is 1. The molecule has 5 nitrogen and oxygen atoms in total. The van der Waals surface area contributed by atoms with Crippen LogP contribution in [-0.2, 0) is 17.8 Å². The highest BCUT2D eigenvalue weighted by atomic mass is 35.5. The summed E-state index contributed by atoms with van der Waals surface area (Å²) in [5.74, 6) is 0.0476. The molecule has 1 saturated heterocycles. The van der Waals surface area contributed by atoms with Crippen LogP contribution in [0.3, 0.4) is 0 Å². The van der Waals surface area contributed by atoms with Crippen molar-refractivity contribution in [2.75, 3.05) is 13.6 Å². The lowest BCUT2D eigenvalue weighted by Gasteiger charge is -2.30. The number of ether oxygens (including phenoxy) is 1. The standard InChI is InChI=1S/C26H32ClFN2O3/c1-29-14-18-4-2-3-5-22(18)17-8-6-16(7-9-17)10-19-11-20(12-23(28)25(19)27)33-21-13-24(26(31)32)30-15-21/h2-5,11-12,16-17,21,24,29-30H,6-10,13-15H2,1H3,(H,31,32)/t16?,17?,21?,24-/m0/s1. The van der Waals surface area contributed by atoms with Gasteiger partial charge < -0.3 is 20.5 Å². The molecule has 1 aliphatic carbocycles. The van der Waals surface area contributed by atoms with Crippen LogP contribution in [0.5, 0.6) is 5.75 Å². The van der Waals surface area contributed by atoms with Crippen LogP contribution in [0.15, 0.2) is 36.4 Å². The van der Waals surface area contributed by atoms with Gasteiger partial charge in [-0.05, 0) is 73.7 Å². The van der Waals surface area contributed by atoms with Gasteiger partial charge in [0.15, 0.2) is 0 Å².